The number of H-pyrrole nitrogens is 1. The Bertz CT molecular complexity index is 1380. The smallest absolute Gasteiger partial charge is 0.459 e. The van der Waals surface area contributed by atoms with Gasteiger partial charge in [-0.2, -0.15) is 5.09 Å². The Kier molecular flexibility index (Phi) is 8.10. The quantitative estimate of drug-likeness (QED) is 0.255. The lowest BCUT2D eigenvalue weighted by molar-refractivity contribution is -0.149. The standard InChI is InChI=1S/C25H31FN3O8P/c1-15(2)35-23(32)16(3)28-38(33,37-17-8-6-5-7-9-17)34-14-20-22(31)25(4,26)24(36-20)29-13-11-19(30)21-18(29)10-12-27-21/h5-13,15-16,20,22,24,27,31H,14H2,1-4H3,(H,28,33)/t16-,20+,22+,24+,25+,38?/m0/s1. The summed E-state index contributed by atoms with van der Waals surface area (Å²) in [6, 6.07) is 9.91. The first-order chi connectivity index (χ1) is 17.9. The van der Waals surface area contributed by atoms with Crippen LogP contribution in [0.25, 0.3) is 11.0 Å². The highest BCUT2D eigenvalue weighted by Crippen LogP contribution is 2.48. The minimum atomic E-state index is -4.26. The van der Waals surface area contributed by atoms with Gasteiger partial charge >= 0.3 is 13.7 Å². The second kappa shape index (κ2) is 11.0. The fourth-order valence-electron chi connectivity index (χ4n) is 4.15. The van der Waals surface area contributed by atoms with E-state index in [1.165, 1.54) is 30.7 Å². The molecule has 0 radical (unpaired) electrons. The number of fused-ring (bicyclic) bond motifs is 1. The van der Waals surface area contributed by atoms with Crippen molar-refractivity contribution in [2.45, 2.75) is 63.9 Å². The Hall–Kier alpha value is -3.02. The first-order valence-corrected chi connectivity index (χ1v) is 13.6. The average Bonchev–Trinajstić information content (AvgIpc) is 3.43. The number of hydrogen-bond donors (Lipinski definition) is 3. The predicted molar refractivity (Wildman–Crippen MR) is 136 cm³/mol. The number of carbonyl (C=O) groups is 1. The van der Waals surface area contributed by atoms with Crippen LogP contribution >= 0.6 is 7.75 Å². The van der Waals surface area contributed by atoms with Gasteiger partial charge in [0.25, 0.3) is 0 Å². The maximum atomic E-state index is 15.8. The number of aromatic nitrogens is 2. The van der Waals surface area contributed by atoms with Gasteiger partial charge in [0.05, 0.1) is 18.2 Å². The van der Waals surface area contributed by atoms with E-state index in [1.807, 2.05) is 0 Å². The SMILES string of the molecule is CC(C)OC(=O)[C@H](C)NP(=O)(OC[C@H]1O[C@@H](n2ccc(=O)c3[nH]ccc32)[C@](C)(F)[C@@H]1O)Oc1ccccc1. The lowest BCUT2D eigenvalue weighted by Gasteiger charge is -2.26. The number of alkyl halides is 1. The van der Waals surface area contributed by atoms with Gasteiger partial charge in [-0.15, -0.1) is 0 Å². The molecule has 1 fully saturated rings. The number of aliphatic hydroxyl groups is 1. The fraction of sp³-hybridized carbons (Fsp3) is 0.440. The number of ether oxygens (including phenoxy) is 2. The summed E-state index contributed by atoms with van der Waals surface area (Å²) in [5.74, 6) is -0.486. The third kappa shape index (κ3) is 5.84. The topological polar surface area (TPSA) is 141 Å². The largest absolute Gasteiger partial charge is 0.462 e. The molecule has 4 rings (SSSR count). The molecule has 1 aliphatic heterocycles. The van der Waals surface area contributed by atoms with Gasteiger partial charge in [0.1, 0.15) is 29.5 Å². The van der Waals surface area contributed by atoms with E-state index in [-0.39, 0.29) is 16.7 Å². The molecule has 0 bridgehead atoms. The number of hydrogen-bond acceptors (Lipinski definition) is 8. The Labute approximate surface area is 218 Å². The van der Waals surface area contributed by atoms with Crippen LogP contribution in [0, 0.1) is 0 Å². The molecular weight excluding hydrogens is 520 g/mol. The van der Waals surface area contributed by atoms with Gasteiger partial charge < -0.3 is 28.7 Å². The molecule has 1 aliphatic rings. The minimum absolute atomic E-state index is 0.192. The van der Waals surface area contributed by atoms with E-state index in [4.69, 9.17) is 18.5 Å². The highest BCUT2D eigenvalue weighted by Gasteiger charge is 2.55. The number of rotatable bonds is 10. The molecule has 13 heteroatoms. The van der Waals surface area contributed by atoms with E-state index in [0.717, 1.165) is 0 Å². The van der Waals surface area contributed by atoms with E-state index in [1.54, 1.807) is 56.4 Å². The number of pyridine rings is 1. The molecule has 0 saturated carbocycles. The Morgan fingerprint density at radius 2 is 1.97 bits per heavy atom. The van der Waals surface area contributed by atoms with Crippen molar-refractivity contribution in [2.24, 2.45) is 0 Å². The van der Waals surface area contributed by atoms with Crippen LogP contribution in [0.5, 0.6) is 5.75 Å². The van der Waals surface area contributed by atoms with Gasteiger partial charge in [0, 0.05) is 18.5 Å². The number of nitrogens with zero attached hydrogens (tertiary/aromatic N) is 1. The summed E-state index contributed by atoms with van der Waals surface area (Å²) in [4.78, 5) is 27.3. The monoisotopic (exact) mass is 551 g/mol. The molecule has 3 aromatic rings. The number of para-hydroxylation sites is 1. The van der Waals surface area contributed by atoms with Crippen molar-refractivity contribution in [2.75, 3.05) is 6.61 Å². The molecule has 3 N–H and O–H groups in total. The fourth-order valence-corrected chi connectivity index (χ4v) is 5.65. The van der Waals surface area contributed by atoms with Crippen molar-refractivity contribution < 1.29 is 37.4 Å². The van der Waals surface area contributed by atoms with E-state index < -0.39 is 56.6 Å². The summed E-state index contributed by atoms with van der Waals surface area (Å²) in [7, 11) is -4.26. The normalized spacial score (nSPS) is 25.8. The molecule has 11 nitrogen and oxygen atoms in total. The van der Waals surface area contributed by atoms with Gasteiger partial charge in [0.15, 0.2) is 11.9 Å². The molecule has 0 spiro atoms. The van der Waals surface area contributed by atoms with Crippen LogP contribution in [0.2, 0.25) is 0 Å². The number of esters is 1. The number of aliphatic hydroxyl groups excluding tert-OH is 1. The zero-order chi connectivity index (χ0) is 27.7. The Balaban J connectivity index is 1.55. The second-order valence-corrected chi connectivity index (χ2v) is 11.2. The van der Waals surface area contributed by atoms with E-state index in [0.29, 0.717) is 5.52 Å². The van der Waals surface area contributed by atoms with Crippen molar-refractivity contribution in [3.8, 4) is 5.75 Å². The first-order valence-electron chi connectivity index (χ1n) is 12.1. The number of carbonyl (C=O) groups excluding carboxylic acids is 1. The summed E-state index contributed by atoms with van der Waals surface area (Å²) in [6.45, 7) is 5.41. The maximum absolute atomic E-state index is 15.8. The average molecular weight is 552 g/mol. The van der Waals surface area contributed by atoms with Gasteiger partial charge in [-0.05, 0) is 45.9 Å². The maximum Gasteiger partial charge on any atom is 0.459 e. The van der Waals surface area contributed by atoms with Gasteiger partial charge in [-0.25, -0.2) is 8.96 Å². The van der Waals surface area contributed by atoms with Crippen molar-refractivity contribution in [1.82, 2.24) is 14.6 Å². The van der Waals surface area contributed by atoms with Crippen LogP contribution < -0.4 is 15.0 Å². The third-order valence-corrected chi connectivity index (χ3v) is 7.68. The molecule has 1 aromatic carbocycles. The van der Waals surface area contributed by atoms with Crippen LogP contribution in [0.15, 0.2) is 59.7 Å². The highest BCUT2D eigenvalue weighted by molar-refractivity contribution is 7.52. The zero-order valence-electron chi connectivity index (χ0n) is 21.4. The molecule has 6 atom stereocenters. The van der Waals surface area contributed by atoms with Gasteiger partial charge in [-0.1, -0.05) is 18.2 Å². The lowest BCUT2D eigenvalue weighted by Crippen LogP contribution is -2.41. The Morgan fingerprint density at radius 1 is 1.26 bits per heavy atom. The van der Waals surface area contributed by atoms with Crippen LogP contribution in [0.3, 0.4) is 0 Å². The predicted octanol–water partition coefficient (Wildman–Crippen LogP) is 3.45. The number of aromatic amines is 1. The zero-order valence-corrected chi connectivity index (χ0v) is 22.3. The molecule has 38 heavy (non-hydrogen) atoms. The van der Waals surface area contributed by atoms with Crippen molar-refractivity contribution >= 4 is 24.7 Å². The lowest BCUT2D eigenvalue weighted by atomic mass is 9.98. The second-order valence-electron chi connectivity index (χ2n) is 9.48. The first kappa shape index (κ1) is 28.0. The number of halogens is 1. The molecule has 3 heterocycles. The highest BCUT2D eigenvalue weighted by atomic mass is 31.2. The van der Waals surface area contributed by atoms with E-state index in [9.17, 15) is 19.3 Å². The molecule has 2 aromatic heterocycles. The molecule has 0 aliphatic carbocycles. The molecule has 0 amide bonds. The van der Waals surface area contributed by atoms with E-state index in [2.05, 4.69) is 10.1 Å². The van der Waals surface area contributed by atoms with Crippen molar-refractivity contribution in [3.05, 3.63) is 65.1 Å². The summed E-state index contributed by atoms with van der Waals surface area (Å²) < 4.78 is 53.1. The van der Waals surface area contributed by atoms with E-state index >= 15 is 4.39 Å². The van der Waals surface area contributed by atoms with Gasteiger partial charge in [0.2, 0.25) is 5.43 Å². The third-order valence-electron chi connectivity index (χ3n) is 6.04. The number of benzene rings is 1. The molecule has 1 unspecified atom stereocenters. The van der Waals surface area contributed by atoms with Crippen LogP contribution in [-0.2, 0) is 23.4 Å². The summed E-state index contributed by atoms with van der Waals surface area (Å²) in [6.07, 6.45) is -1.76. The van der Waals surface area contributed by atoms with Gasteiger partial charge in [-0.3, -0.25) is 14.1 Å². The molecular formula is C25H31FN3O8P. The summed E-state index contributed by atoms with van der Waals surface area (Å²) >= 11 is 0. The van der Waals surface area contributed by atoms with Crippen LogP contribution in [0.1, 0.15) is 33.9 Å². The molecule has 1 saturated heterocycles. The summed E-state index contributed by atoms with van der Waals surface area (Å²) in [5, 5.41) is 13.3. The van der Waals surface area contributed by atoms with Crippen LogP contribution in [-0.4, -0.2) is 57.3 Å². The number of nitrogens with one attached hydrogen (secondary N) is 2. The van der Waals surface area contributed by atoms with Crippen LogP contribution in [0.4, 0.5) is 4.39 Å². The minimum Gasteiger partial charge on any atom is -0.462 e. The molecule has 206 valence electrons. The Morgan fingerprint density at radius 3 is 2.66 bits per heavy atom. The van der Waals surface area contributed by atoms with Crippen molar-refractivity contribution in [3.63, 3.8) is 0 Å². The van der Waals surface area contributed by atoms with Crippen molar-refractivity contribution in [1.29, 1.82) is 0 Å². The summed E-state index contributed by atoms with van der Waals surface area (Å²) in [5.41, 5.74) is -1.94.